The molecule has 2 rings (SSSR count). The SMILES string of the molecule is CCOc1ccc(Oc2cc(CN=C(N(C)C)N(C)C)ccn2)cc1. The Bertz CT molecular complexity index is 687. The molecule has 0 saturated heterocycles. The van der Waals surface area contributed by atoms with Crippen LogP contribution in [0.25, 0.3) is 0 Å². The van der Waals surface area contributed by atoms with Gasteiger partial charge in [-0.25, -0.2) is 9.98 Å². The molecule has 0 saturated carbocycles. The van der Waals surface area contributed by atoms with E-state index in [1.54, 1.807) is 6.20 Å². The third-order valence-corrected chi connectivity index (χ3v) is 3.36. The summed E-state index contributed by atoms with van der Waals surface area (Å²) in [6.45, 7) is 3.17. The van der Waals surface area contributed by atoms with E-state index in [1.165, 1.54) is 0 Å². The Labute approximate surface area is 149 Å². The molecule has 0 fully saturated rings. The lowest BCUT2D eigenvalue weighted by Crippen LogP contribution is -2.35. The summed E-state index contributed by atoms with van der Waals surface area (Å²) in [4.78, 5) is 12.9. The molecule has 1 aromatic carbocycles. The van der Waals surface area contributed by atoms with Gasteiger partial charge in [0.15, 0.2) is 5.96 Å². The average molecular weight is 342 g/mol. The first-order valence-corrected chi connectivity index (χ1v) is 8.24. The number of hydrogen-bond acceptors (Lipinski definition) is 4. The van der Waals surface area contributed by atoms with Crippen molar-refractivity contribution in [1.82, 2.24) is 14.8 Å². The monoisotopic (exact) mass is 342 g/mol. The lowest BCUT2D eigenvalue weighted by atomic mass is 10.2. The molecule has 0 atom stereocenters. The van der Waals surface area contributed by atoms with Gasteiger partial charge in [0.2, 0.25) is 5.88 Å². The molecule has 1 heterocycles. The predicted octanol–water partition coefficient (Wildman–Crippen LogP) is 3.25. The second-order valence-electron chi connectivity index (χ2n) is 5.91. The van der Waals surface area contributed by atoms with Crippen molar-refractivity contribution >= 4 is 5.96 Å². The van der Waals surface area contributed by atoms with E-state index in [9.17, 15) is 0 Å². The van der Waals surface area contributed by atoms with E-state index < -0.39 is 0 Å². The second-order valence-corrected chi connectivity index (χ2v) is 5.91. The van der Waals surface area contributed by atoms with Gasteiger partial charge in [-0.15, -0.1) is 0 Å². The van der Waals surface area contributed by atoms with E-state index in [-0.39, 0.29) is 0 Å². The van der Waals surface area contributed by atoms with Crippen molar-refractivity contribution in [2.75, 3.05) is 34.8 Å². The molecular weight excluding hydrogens is 316 g/mol. The summed E-state index contributed by atoms with van der Waals surface area (Å²) >= 11 is 0. The van der Waals surface area contributed by atoms with E-state index >= 15 is 0 Å². The molecule has 6 heteroatoms. The molecule has 0 unspecified atom stereocenters. The third-order valence-electron chi connectivity index (χ3n) is 3.36. The Hall–Kier alpha value is -2.76. The third kappa shape index (κ3) is 5.67. The van der Waals surface area contributed by atoms with E-state index in [1.807, 2.05) is 81.3 Å². The number of aliphatic imine (C=N–C) groups is 1. The number of nitrogens with zero attached hydrogens (tertiary/aromatic N) is 4. The lowest BCUT2D eigenvalue weighted by molar-refractivity contribution is 0.339. The fraction of sp³-hybridized carbons (Fsp3) is 0.368. The number of pyridine rings is 1. The molecule has 0 amide bonds. The predicted molar refractivity (Wildman–Crippen MR) is 100 cm³/mol. The van der Waals surface area contributed by atoms with Crippen molar-refractivity contribution in [1.29, 1.82) is 0 Å². The summed E-state index contributed by atoms with van der Waals surface area (Å²) in [5, 5.41) is 0. The molecule has 0 bridgehead atoms. The minimum atomic E-state index is 0.549. The van der Waals surface area contributed by atoms with Crippen LogP contribution in [0.5, 0.6) is 17.4 Å². The highest BCUT2D eigenvalue weighted by Crippen LogP contribution is 2.23. The van der Waals surface area contributed by atoms with Crippen molar-refractivity contribution in [3.63, 3.8) is 0 Å². The molecule has 0 aliphatic rings. The summed E-state index contributed by atoms with van der Waals surface area (Å²) in [5.41, 5.74) is 1.04. The minimum Gasteiger partial charge on any atom is -0.494 e. The van der Waals surface area contributed by atoms with Crippen LogP contribution in [0.1, 0.15) is 12.5 Å². The highest BCUT2D eigenvalue weighted by atomic mass is 16.5. The largest absolute Gasteiger partial charge is 0.494 e. The highest BCUT2D eigenvalue weighted by molar-refractivity contribution is 5.79. The van der Waals surface area contributed by atoms with Gasteiger partial charge >= 0.3 is 0 Å². The van der Waals surface area contributed by atoms with Crippen LogP contribution in [0.2, 0.25) is 0 Å². The molecular formula is C19H26N4O2. The van der Waals surface area contributed by atoms with Crippen molar-refractivity contribution in [3.8, 4) is 17.4 Å². The Morgan fingerprint density at radius 3 is 2.24 bits per heavy atom. The number of ether oxygens (including phenoxy) is 2. The molecule has 1 aromatic heterocycles. The quantitative estimate of drug-likeness (QED) is 0.596. The Morgan fingerprint density at radius 2 is 1.64 bits per heavy atom. The molecule has 6 nitrogen and oxygen atoms in total. The van der Waals surface area contributed by atoms with Crippen molar-refractivity contribution in [2.24, 2.45) is 4.99 Å². The van der Waals surface area contributed by atoms with Gasteiger partial charge in [-0.2, -0.15) is 0 Å². The minimum absolute atomic E-state index is 0.549. The van der Waals surface area contributed by atoms with Crippen molar-refractivity contribution < 1.29 is 9.47 Å². The van der Waals surface area contributed by atoms with E-state index in [2.05, 4.69) is 9.98 Å². The number of rotatable bonds is 6. The zero-order chi connectivity index (χ0) is 18.2. The molecule has 0 aliphatic carbocycles. The lowest BCUT2D eigenvalue weighted by Gasteiger charge is -2.22. The van der Waals surface area contributed by atoms with E-state index in [0.717, 1.165) is 23.0 Å². The van der Waals surface area contributed by atoms with Crippen LogP contribution in [0, 0.1) is 0 Å². The van der Waals surface area contributed by atoms with E-state index in [4.69, 9.17) is 9.47 Å². The zero-order valence-corrected chi connectivity index (χ0v) is 15.6. The van der Waals surface area contributed by atoms with Gasteiger partial charge in [0.25, 0.3) is 0 Å². The summed E-state index contributed by atoms with van der Waals surface area (Å²) in [7, 11) is 7.91. The Kier molecular flexibility index (Phi) is 6.62. The smallest absolute Gasteiger partial charge is 0.219 e. The van der Waals surface area contributed by atoms with Crippen LogP contribution in [-0.2, 0) is 6.54 Å². The van der Waals surface area contributed by atoms with Gasteiger partial charge in [-0.3, -0.25) is 0 Å². The van der Waals surface area contributed by atoms with Gasteiger partial charge in [-0.05, 0) is 42.8 Å². The van der Waals surface area contributed by atoms with Gasteiger partial charge in [0.1, 0.15) is 11.5 Å². The van der Waals surface area contributed by atoms with E-state index in [0.29, 0.717) is 19.0 Å². The standard InChI is InChI=1S/C19H26N4O2/c1-6-24-16-7-9-17(10-8-16)25-18-13-15(11-12-20-18)14-21-19(22(2)3)23(4)5/h7-13H,6,14H2,1-5H3. The second kappa shape index (κ2) is 8.92. The topological polar surface area (TPSA) is 50.2 Å². The first kappa shape index (κ1) is 18.6. The Balaban J connectivity index is 2.06. The van der Waals surface area contributed by atoms with Crippen molar-refractivity contribution in [3.05, 3.63) is 48.2 Å². The Morgan fingerprint density at radius 1 is 1.00 bits per heavy atom. The summed E-state index contributed by atoms with van der Waals surface area (Å²) in [6, 6.07) is 11.3. The van der Waals surface area contributed by atoms with Gasteiger partial charge in [0, 0.05) is 40.5 Å². The summed E-state index contributed by atoms with van der Waals surface area (Å²) < 4.78 is 11.2. The maximum absolute atomic E-state index is 5.82. The van der Waals surface area contributed by atoms with Crippen LogP contribution in [-0.4, -0.2) is 55.5 Å². The number of hydrogen-bond donors (Lipinski definition) is 0. The average Bonchev–Trinajstić information content (AvgIpc) is 2.57. The van der Waals surface area contributed by atoms with Crippen LogP contribution in [0.4, 0.5) is 0 Å². The van der Waals surface area contributed by atoms with Crippen LogP contribution < -0.4 is 9.47 Å². The number of guanidine groups is 1. The first-order valence-electron chi connectivity index (χ1n) is 8.24. The van der Waals surface area contributed by atoms with Crippen LogP contribution in [0.3, 0.4) is 0 Å². The molecule has 0 aliphatic heterocycles. The maximum atomic E-state index is 5.82. The fourth-order valence-corrected chi connectivity index (χ4v) is 2.34. The number of benzene rings is 1. The molecule has 2 aromatic rings. The van der Waals surface area contributed by atoms with Crippen molar-refractivity contribution in [2.45, 2.75) is 13.5 Å². The molecule has 0 radical (unpaired) electrons. The molecule has 25 heavy (non-hydrogen) atoms. The normalized spacial score (nSPS) is 10.1. The van der Waals surface area contributed by atoms with Crippen LogP contribution >= 0.6 is 0 Å². The molecule has 134 valence electrons. The summed E-state index contributed by atoms with van der Waals surface area (Å²) in [6.07, 6.45) is 1.74. The highest BCUT2D eigenvalue weighted by Gasteiger charge is 2.05. The first-order chi connectivity index (χ1) is 12.0. The molecule has 0 N–H and O–H groups in total. The van der Waals surface area contributed by atoms with Gasteiger partial charge in [0.05, 0.1) is 13.2 Å². The maximum Gasteiger partial charge on any atom is 0.219 e. The fourth-order valence-electron chi connectivity index (χ4n) is 2.34. The van der Waals surface area contributed by atoms with Gasteiger partial charge in [-0.1, -0.05) is 0 Å². The number of aromatic nitrogens is 1. The molecule has 0 spiro atoms. The van der Waals surface area contributed by atoms with Crippen LogP contribution in [0.15, 0.2) is 47.6 Å². The summed E-state index contributed by atoms with van der Waals surface area (Å²) in [5.74, 6) is 3.00. The van der Waals surface area contributed by atoms with Gasteiger partial charge < -0.3 is 19.3 Å². The zero-order valence-electron chi connectivity index (χ0n) is 15.6.